The molecule has 0 bridgehead atoms. The molecule has 2 aromatic carbocycles. The average molecular weight is 352 g/mol. The lowest BCUT2D eigenvalue weighted by molar-refractivity contribution is -0.148. The van der Waals surface area contributed by atoms with E-state index in [1.807, 2.05) is 31.2 Å². The number of esters is 1. The molecule has 0 saturated carbocycles. The third-order valence-corrected chi connectivity index (χ3v) is 3.69. The van der Waals surface area contributed by atoms with Crippen molar-refractivity contribution in [1.29, 1.82) is 0 Å². The molecule has 0 aliphatic rings. The van der Waals surface area contributed by atoms with Gasteiger partial charge >= 0.3 is 5.97 Å². The molecule has 1 atom stereocenters. The van der Waals surface area contributed by atoms with E-state index < -0.39 is 23.9 Å². The van der Waals surface area contributed by atoms with Crippen LogP contribution in [0.2, 0.25) is 0 Å². The smallest absolute Gasteiger partial charge is 0.331 e. The summed E-state index contributed by atoms with van der Waals surface area (Å²) < 4.78 is 5.10. The largest absolute Gasteiger partial charge is 0.449 e. The summed E-state index contributed by atoms with van der Waals surface area (Å²) in [6.45, 7) is 3.41. The van der Waals surface area contributed by atoms with Crippen molar-refractivity contribution in [3.63, 3.8) is 0 Å². The van der Waals surface area contributed by atoms with Crippen LogP contribution in [0.3, 0.4) is 0 Å². The number of primary amides is 1. The van der Waals surface area contributed by atoms with Crippen LogP contribution in [0.25, 0.3) is 6.08 Å². The van der Waals surface area contributed by atoms with E-state index in [2.05, 4.69) is 5.32 Å². The van der Waals surface area contributed by atoms with Crippen molar-refractivity contribution in [1.82, 2.24) is 0 Å². The number of hydrogen-bond acceptors (Lipinski definition) is 4. The molecule has 0 aromatic heterocycles. The Bertz CT molecular complexity index is 841. The van der Waals surface area contributed by atoms with Crippen LogP contribution in [-0.4, -0.2) is 23.9 Å². The second-order valence-electron chi connectivity index (χ2n) is 5.70. The summed E-state index contributed by atoms with van der Waals surface area (Å²) in [5.41, 5.74) is 7.89. The van der Waals surface area contributed by atoms with Crippen LogP contribution in [0.1, 0.15) is 28.4 Å². The Morgan fingerprint density at radius 2 is 1.73 bits per heavy atom. The van der Waals surface area contributed by atoms with Gasteiger partial charge < -0.3 is 15.8 Å². The highest BCUT2D eigenvalue weighted by molar-refractivity contribution is 5.97. The maximum atomic E-state index is 12.1. The Morgan fingerprint density at radius 1 is 1.08 bits per heavy atom. The van der Waals surface area contributed by atoms with Crippen LogP contribution in [0, 0.1) is 6.92 Å². The van der Waals surface area contributed by atoms with E-state index in [9.17, 15) is 14.4 Å². The number of benzene rings is 2. The van der Waals surface area contributed by atoms with Gasteiger partial charge in [-0.15, -0.1) is 0 Å². The second kappa shape index (κ2) is 8.62. The second-order valence-corrected chi connectivity index (χ2v) is 5.70. The molecule has 26 heavy (non-hydrogen) atoms. The van der Waals surface area contributed by atoms with Crippen molar-refractivity contribution in [3.05, 3.63) is 71.3 Å². The van der Waals surface area contributed by atoms with Gasteiger partial charge in [0.25, 0.3) is 5.91 Å². The predicted molar refractivity (Wildman–Crippen MR) is 99.4 cm³/mol. The number of ether oxygens (including phenoxy) is 1. The molecule has 2 rings (SSSR count). The summed E-state index contributed by atoms with van der Waals surface area (Å²) in [6, 6.07) is 13.7. The molecule has 0 aliphatic heterocycles. The number of rotatable bonds is 6. The number of hydrogen-bond donors (Lipinski definition) is 2. The number of nitrogens with two attached hydrogens (primary N) is 1. The minimum atomic E-state index is -0.972. The molecule has 0 heterocycles. The summed E-state index contributed by atoms with van der Waals surface area (Å²) in [4.78, 5) is 35.0. The molecule has 2 amide bonds. The average Bonchev–Trinajstić information content (AvgIpc) is 2.61. The first-order chi connectivity index (χ1) is 12.4. The molecule has 2 aromatic rings. The van der Waals surface area contributed by atoms with Crippen LogP contribution in [-0.2, 0) is 14.3 Å². The minimum absolute atomic E-state index is 0.337. The normalized spacial score (nSPS) is 11.8. The minimum Gasteiger partial charge on any atom is -0.449 e. The van der Waals surface area contributed by atoms with E-state index >= 15 is 0 Å². The van der Waals surface area contributed by atoms with Crippen molar-refractivity contribution < 1.29 is 19.1 Å². The summed E-state index contributed by atoms with van der Waals surface area (Å²) in [5, 5.41) is 2.60. The monoisotopic (exact) mass is 352 g/mol. The topological polar surface area (TPSA) is 98.5 Å². The van der Waals surface area contributed by atoms with Gasteiger partial charge in [0, 0.05) is 17.3 Å². The fourth-order valence-electron chi connectivity index (χ4n) is 2.16. The maximum absolute atomic E-state index is 12.1. The predicted octanol–water partition coefficient (Wildman–Crippen LogP) is 2.68. The fourth-order valence-corrected chi connectivity index (χ4v) is 2.16. The maximum Gasteiger partial charge on any atom is 0.331 e. The molecule has 3 N–H and O–H groups in total. The number of anilines is 1. The highest BCUT2D eigenvalue weighted by Gasteiger charge is 2.16. The molecule has 0 saturated heterocycles. The van der Waals surface area contributed by atoms with Gasteiger partial charge in [-0.1, -0.05) is 24.3 Å². The molecule has 0 spiro atoms. The lowest BCUT2D eigenvalue weighted by Crippen LogP contribution is -2.29. The van der Waals surface area contributed by atoms with Gasteiger partial charge in [-0.3, -0.25) is 9.59 Å². The molecule has 0 aliphatic carbocycles. The lowest BCUT2D eigenvalue weighted by Gasteiger charge is -2.12. The van der Waals surface area contributed by atoms with E-state index in [1.165, 1.54) is 25.1 Å². The van der Waals surface area contributed by atoms with Crippen LogP contribution >= 0.6 is 0 Å². The van der Waals surface area contributed by atoms with Gasteiger partial charge in [0.1, 0.15) is 0 Å². The van der Waals surface area contributed by atoms with E-state index in [-0.39, 0.29) is 0 Å². The van der Waals surface area contributed by atoms with Crippen molar-refractivity contribution >= 4 is 29.5 Å². The first-order valence-corrected chi connectivity index (χ1v) is 8.02. The Labute approximate surface area is 151 Å². The molecule has 0 radical (unpaired) electrons. The van der Waals surface area contributed by atoms with Gasteiger partial charge in [0.15, 0.2) is 6.10 Å². The summed E-state index contributed by atoms with van der Waals surface area (Å²) in [7, 11) is 0. The summed E-state index contributed by atoms with van der Waals surface area (Å²) in [6.07, 6.45) is 1.96. The van der Waals surface area contributed by atoms with Crippen molar-refractivity contribution in [3.8, 4) is 0 Å². The van der Waals surface area contributed by atoms with Crippen LogP contribution < -0.4 is 11.1 Å². The zero-order valence-electron chi connectivity index (χ0n) is 14.6. The SMILES string of the molecule is Cc1ccccc1/C=C/C(=O)O[C@H](C)C(=O)Nc1ccc(C(N)=O)cc1. The third kappa shape index (κ3) is 5.31. The zero-order chi connectivity index (χ0) is 19.1. The van der Waals surface area contributed by atoms with Gasteiger partial charge in [-0.2, -0.15) is 0 Å². The molecule has 134 valence electrons. The van der Waals surface area contributed by atoms with Crippen LogP contribution in [0.5, 0.6) is 0 Å². The lowest BCUT2D eigenvalue weighted by atomic mass is 10.1. The standard InChI is InChI=1S/C20H20N2O4/c1-13-5-3-4-6-15(13)9-12-18(23)26-14(2)20(25)22-17-10-7-16(8-11-17)19(21)24/h3-12,14H,1-2H3,(H2,21,24)(H,22,25)/b12-9+/t14-/m1/s1. The Balaban J connectivity index is 1.90. The highest BCUT2D eigenvalue weighted by Crippen LogP contribution is 2.11. The number of carbonyl (C=O) groups is 3. The van der Waals surface area contributed by atoms with Crippen molar-refractivity contribution in [2.45, 2.75) is 20.0 Å². The molecule has 6 heteroatoms. The van der Waals surface area contributed by atoms with Crippen LogP contribution in [0.15, 0.2) is 54.6 Å². The number of nitrogens with one attached hydrogen (secondary N) is 1. The van der Waals surface area contributed by atoms with Crippen LogP contribution in [0.4, 0.5) is 5.69 Å². The van der Waals surface area contributed by atoms with Gasteiger partial charge in [-0.25, -0.2) is 4.79 Å². The van der Waals surface area contributed by atoms with Gasteiger partial charge in [-0.05, 0) is 55.3 Å². The van der Waals surface area contributed by atoms with E-state index in [0.717, 1.165) is 11.1 Å². The van der Waals surface area contributed by atoms with E-state index in [1.54, 1.807) is 18.2 Å². The fraction of sp³-hybridized carbons (Fsp3) is 0.150. The molecular formula is C20H20N2O4. The number of carbonyl (C=O) groups excluding carboxylic acids is 3. The van der Waals surface area contributed by atoms with Gasteiger partial charge in [0.2, 0.25) is 5.91 Å². The van der Waals surface area contributed by atoms with Crippen molar-refractivity contribution in [2.75, 3.05) is 5.32 Å². The number of amides is 2. The molecule has 6 nitrogen and oxygen atoms in total. The Morgan fingerprint density at radius 3 is 2.35 bits per heavy atom. The van der Waals surface area contributed by atoms with E-state index in [4.69, 9.17) is 10.5 Å². The molecule has 0 fully saturated rings. The highest BCUT2D eigenvalue weighted by atomic mass is 16.5. The first-order valence-electron chi connectivity index (χ1n) is 8.02. The van der Waals surface area contributed by atoms with Gasteiger partial charge in [0.05, 0.1) is 0 Å². The Hall–Kier alpha value is -3.41. The van der Waals surface area contributed by atoms with E-state index in [0.29, 0.717) is 11.3 Å². The Kier molecular flexibility index (Phi) is 6.27. The quantitative estimate of drug-likeness (QED) is 0.617. The summed E-state index contributed by atoms with van der Waals surface area (Å²) in [5.74, 6) is -1.64. The molecule has 0 unspecified atom stereocenters. The van der Waals surface area contributed by atoms with Crippen molar-refractivity contribution in [2.24, 2.45) is 5.73 Å². The first kappa shape index (κ1) is 18.9. The summed E-state index contributed by atoms with van der Waals surface area (Å²) >= 11 is 0. The zero-order valence-corrected chi connectivity index (χ0v) is 14.6. The molecular weight excluding hydrogens is 332 g/mol. The number of aryl methyl sites for hydroxylation is 1. The third-order valence-electron chi connectivity index (χ3n) is 3.69.